The summed E-state index contributed by atoms with van der Waals surface area (Å²) in [5, 5.41) is 2.48. The highest BCUT2D eigenvalue weighted by Crippen LogP contribution is 2.16. The van der Waals surface area contributed by atoms with Crippen molar-refractivity contribution in [3.05, 3.63) is 39.7 Å². The van der Waals surface area contributed by atoms with E-state index in [4.69, 9.17) is 0 Å². The number of aryl methyl sites for hydroxylation is 1. The van der Waals surface area contributed by atoms with Gasteiger partial charge in [0, 0.05) is 11.6 Å². The molecule has 0 bridgehead atoms. The first-order valence-corrected chi connectivity index (χ1v) is 4.85. The molecule has 0 aliphatic rings. The van der Waals surface area contributed by atoms with Crippen molar-refractivity contribution in [1.82, 2.24) is 4.98 Å². The van der Waals surface area contributed by atoms with Crippen molar-refractivity contribution in [2.45, 2.75) is 6.92 Å². The lowest BCUT2D eigenvalue weighted by Crippen LogP contribution is -1.81. The molecule has 2 aromatic rings. The van der Waals surface area contributed by atoms with E-state index in [0.29, 0.717) is 0 Å². The van der Waals surface area contributed by atoms with Crippen LogP contribution in [0.5, 0.6) is 0 Å². The summed E-state index contributed by atoms with van der Waals surface area (Å²) in [6.45, 7) is 2.10. The number of rotatable bonds is 0. The van der Waals surface area contributed by atoms with Gasteiger partial charge in [-0.15, -0.1) is 0 Å². The topological polar surface area (TPSA) is 12.9 Å². The van der Waals surface area contributed by atoms with E-state index in [-0.39, 0.29) is 0 Å². The lowest BCUT2D eigenvalue weighted by molar-refractivity contribution is 1.30. The largest absolute Gasteiger partial charge is 0.250 e. The van der Waals surface area contributed by atoms with Crippen LogP contribution in [-0.4, -0.2) is 4.98 Å². The van der Waals surface area contributed by atoms with Crippen LogP contribution in [0.25, 0.3) is 10.8 Å². The standard InChI is InChI=1S/C10H8IN/c1-7-2-3-8-6-12-10(11)5-9(8)4-7/h2-6H,1H3. The lowest BCUT2D eigenvalue weighted by Gasteiger charge is -1.98. The molecule has 0 amide bonds. The van der Waals surface area contributed by atoms with Gasteiger partial charge in [-0.2, -0.15) is 0 Å². The van der Waals surface area contributed by atoms with E-state index >= 15 is 0 Å². The van der Waals surface area contributed by atoms with Gasteiger partial charge in [-0.3, -0.25) is 0 Å². The van der Waals surface area contributed by atoms with Gasteiger partial charge in [0.1, 0.15) is 3.70 Å². The molecule has 0 atom stereocenters. The van der Waals surface area contributed by atoms with Crippen LogP contribution in [0.4, 0.5) is 0 Å². The van der Waals surface area contributed by atoms with Gasteiger partial charge in [0.05, 0.1) is 0 Å². The summed E-state index contributed by atoms with van der Waals surface area (Å²) in [5.74, 6) is 0. The van der Waals surface area contributed by atoms with Gasteiger partial charge < -0.3 is 0 Å². The summed E-state index contributed by atoms with van der Waals surface area (Å²) in [5.41, 5.74) is 1.30. The van der Waals surface area contributed by atoms with Gasteiger partial charge in [0.25, 0.3) is 0 Å². The van der Waals surface area contributed by atoms with Crippen LogP contribution >= 0.6 is 22.6 Å². The molecule has 0 aliphatic carbocycles. The summed E-state index contributed by atoms with van der Waals surface area (Å²) in [6.07, 6.45) is 1.91. The van der Waals surface area contributed by atoms with Crippen LogP contribution in [0.2, 0.25) is 0 Å². The minimum Gasteiger partial charge on any atom is -0.250 e. The summed E-state index contributed by atoms with van der Waals surface area (Å²) in [7, 11) is 0. The fourth-order valence-electron chi connectivity index (χ4n) is 1.23. The molecule has 0 spiro atoms. The van der Waals surface area contributed by atoms with Crippen molar-refractivity contribution in [2.75, 3.05) is 0 Å². The van der Waals surface area contributed by atoms with Crippen molar-refractivity contribution in [1.29, 1.82) is 0 Å². The Morgan fingerprint density at radius 1 is 1.17 bits per heavy atom. The SMILES string of the molecule is Cc1ccc2cnc(I)cc2c1. The number of hydrogen-bond donors (Lipinski definition) is 0. The third-order valence-corrected chi connectivity index (χ3v) is 2.43. The molecule has 0 radical (unpaired) electrons. The summed E-state index contributed by atoms with van der Waals surface area (Å²) < 4.78 is 1.05. The minimum absolute atomic E-state index is 1.05. The maximum absolute atomic E-state index is 4.22. The zero-order valence-electron chi connectivity index (χ0n) is 6.71. The predicted octanol–water partition coefficient (Wildman–Crippen LogP) is 3.15. The second kappa shape index (κ2) is 3.01. The van der Waals surface area contributed by atoms with Gasteiger partial charge in [0.15, 0.2) is 0 Å². The molecule has 0 unspecified atom stereocenters. The summed E-state index contributed by atoms with van der Waals surface area (Å²) in [6, 6.07) is 8.49. The van der Waals surface area contributed by atoms with Crippen LogP contribution in [0, 0.1) is 10.6 Å². The lowest BCUT2D eigenvalue weighted by atomic mass is 10.1. The van der Waals surface area contributed by atoms with Crippen molar-refractivity contribution >= 4 is 33.4 Å². The Morgan fingerprint density at radius 2 is 2.00 bits per heavy atom. The quantitative estimate of drug-likeness (QED) is 0.529. The Kier molecular flexibility index (Phi) is 2.00. The first kappa shape index (κ1) is 7.98. The van der Waals surface area contributed by atoms with Crippen LogP contribution in [0.3, 0.4) is 0 Å². The zero-order chi connectivity index (χ0) is 8.55. The Bertz CT molecular complexity index is 386. The van der Waals surface area contributed by atoms with E-state index < -0.39 is 0 Å². The third-order valence-electron chi connectivity index (χ3n) is 1.84. The fraction of sp³-hybridized carbons (Fsp3) is 0.100. The highest BCUT2D eigenvalue weighted by molar-refractivity contribution is 14.1. The average Bonchev–Trinajstić information content (AvgIpc) is 2.03. The van der Waals surface area contributed by atoms with Crippen LogP contribution in [0.15, 0.2) is 30.5 Å². The van der Waals surface area contributed by atoms with Gasteiger partial charge in [-0.25, -0.2) is 4.98 Å². The third kappa shape index (κ3) is 1.43. The average molecular weight is 269 g/mol. The number of hydrogen-bond acceptors (Lipinski definition) is 1. The molecule has 2 rings (SSSR count). The molecular formula is C10H8IN. The van der Waals surface area contributed by atoms with Crippen molar-refractivity contribution < 1.29 is 0 Å². The monoisotopic (exact) mass is 269 g/mol. The summed E-state index contributed by atoms with van der Waals surface area (Å²) in [4.78, 5) is 4.22. The van der Waals surface area contributed by atoms with Crippen molar-refractivity contribution in [3.8, 4) is 0 Å². The molecule has 2 heteroatoms. The Morgan fingerprint density at radius 3 is 2.83 bits per heavy atom. The van der Waals surface area contributed by atoms with E-state index in [9.17, 15) is 0 Å². The molecule has 1 aromatic carbocycles. The second-order valence-electron chi connectivity index (χ2n) is 2.86. The molecule has 1 aromatic heterocycles. The molecule has 60 valence electrons. The van der Waals surface area contributed by atoms with Crippen molar-refractivity contribution in [3.63, 3.8) is 0 Å². The number of benzene rings is 1. The molecule has 0 N–H and O–H groups in total. The molecule has 1 heterocycles. The number of pyridine rings is 1. The molecule has 0 aliphatic heterocycles. The maximum atomic E-state index is 4.22. The fourth-order valence-corrected chi connectivity index (χ4v) is 1.71. The van der Waals surface area contributed by atoms with E-state index in [0.717, 1.165) is 3.70 Å². The first-order chi connectivity index (χ1) is 5.75. The molecule has 0 saturated carbocycles. The van der Waals surface area contributed by atoms with Gasteiger partial charge in [-0.05, 0) is 41.0 Å². The molecular weight excluding hydrogens is 261 g/mol. The highest BCUT2D eigenvalue weighted by Gasteiger charge is 1.94. The number of aromatic nitrogens is 1. The number of halogens is 1. The Hall–Kier alpha value is -0.640. The minimum atomic E-state index is 1.05. The van der Waals surface area contributed by atoms with Crippen LogP contribution < -0.4 is 0 Å². The van der Waals surface area contributed by atoms with E-state index in [1.807, 2.05) is 6.20 Å². The Labute approximate surface area is 85.0 Å². The van der Waals surface area contributed by atoms with E-state index in [2.05, 4.69) is 58.8 Å². The zero-order valence-corrected chi connectivity index (χ0v) is 8.87. The maximum Gasteiger partial charge on any atom is 0.101 e. The van der Waals surface area contributed by atoms with E-state index in [1.54, 1.807) is 0 Å². The molecule has 12 heavy (non-hydrogen) atoms. The number of fused-ring (bicyclic) bond motifs is 1. The Balaban J connectivity index is 2.80. The first-order valence-electron chi connectivity index (χ1n) is 3.77. The highest BCUT2D eigenvalue weighted by atomic mass is 127. The van der Waals surface area contributed by atoms with Crippen LogP contribution in [-0.2, 0) is 0 Å². The van der Waals surface area contributed by atoms with Gasteiger partial charge in [0.2, 0.25) is 0 Å². The van der Waals surface area contributed by atoms with E-state index in [1.165, 1.54) is 16.3 Å². The number of nitrogens with zero attached hydrogens (tertiary/aromatic N) is 1. The van der Waals surface area contributed by atoms with Gasteiger partial charge in [-0.1, -0.05) is 23.8 Å². The van der Waals surface area contributed by atoms with Gasteiger partial charge >= 0.3 is 0 Å². The van der Waals surface area contributed by atoms with Crippen molar-refractivity contribution in [2.24, 2.45) is 0 Å². The molecule has 0 fully saturated rings. The van der Waals surface area contributed by atoms with Crippen LogP contribution in [0.1, 0.15) is 5.56 Å². The summed E-state index contributed by atoms with van der Waals surface area (Å²) >= 11 is 2.23. The smallest absolute Gasteiger partial charge is 0.101 e. The second-order valence-corrected chi connectivity index (χ2v) is 3.96. The molecule has 0 saturated heterocycles. The molecule has 1 nitrogen and oxygen atoms in total. The normalized spacial score (nSPS) is 10.5. The predicted molar refractivity (Wildman–Crippen MR) is 59.2 cm³/mol.